The molecule has 0 spiro atoms. The third-order valence-corrected chi connectivity index (χ3v) is 4.32. The first-order valence-electron chi connectivity index (χ1n) is 6.13. The van der Waals surface area contributed by atoms with Gasteiger partial charge in [0.2, 0.25) is 0 Å². The second-order valence-corrected chi connectivity index (χ2v) is 5.84. The summed E-state index contributed by atoms with van der Waals surface area (Å²) in [6.07, 6.45) is 2.07. The lowest BCUT2D eigenvalue weighted by atomic mass is 10.1. The first-order valence-corrected chi connectivity index (χ1v) is 7.32. The van der Waals surface area contributed by atoms with Crippen molar-refractivity contribution in [1.82, 2.24) is 4.98 Å². The lowest BCUT2D eigenvalue weighted by Crippen LogP contribution is -2.05. The van der Waals surface area contributed by atoms with E-state index < -0.39 is 0 Å². The molecular formula is C14H17ClN2S. The molecule has 1 atom stereocenters. The molecule has 0 saturated heterocycles. The van der Waals surface area contributed by atoms with Gasteiger partial charge in [-0.3, -0.25) is 0 Å². The van der Waals surface area contributed by atoms with Crippen LogP contribution >= 0.6 is 22.9 Å². The molecule has 4 heteroatoms. The van der Waals surface area contributed by atoms with Gasteiger partial charge in [-0.15, -0.1) is 11.3 Å². The van der Waals surface area contributed by atoms with Crippen molar-refractivity contribution in [3.8, 4) is 10.6 Å². The van der Waals surface area contributed by atoms with Gasteiger partial charge in [-0.25, -0.2) is 4.98 Å². The summed E-state index contributed by atoms with van der Waals surface area (Å²) in [5, 5.41) is 1.78. The Morgan fingerprint density at radius 2 is 2.00 bits per heavy atom. The molecule has 0 amide bonds. The summed E-state index contributed by atoms with van der Waals surface area (Å²) >= 11 is 7.59. The number of benzene rings is 1. The van der Waals surface area contributed by atoms with Crippen LogP contribution in [0.25, 0.3) is 10.6 Å². The van der Waals surface area contributed by atoms with E-state index in [0.717, 1.165) is 34.1 Å². The predicted molar refractivity (Wildman–Crippen MR) is 79.2 cm³/mol. The first kappa shape index (κ1) is 13.5. The van der Waals surface area contributed by atoms with Crippen LogP contribution in [0.15, 0.2) is 24.3 Å². The Morgan fingerprint density at radius 1 is 1.33 bits per heavy atom. The van der Waals surface area contributed by atoms with Crippen molar-refractivity contribution in [2.45, 2.75) is 32.7 Å². The van der Waals surface area contributed by atoms with Crippen LogP contribution < -0.4 is 5.73 Å². The molecule has 1 aromatic carbocycles. The molecule has 1 aromatic heterocycles. The molecule has 0 aliphatic heterocycles. The summed E-state index contributed by atoms with van der Waals surface area (Å²) in [6, 6.07) is 7.83. The largest absolute Gasteiger partial charge is 0.323 e. The van der Waals surface area contributed by atoms with Gasteiger partial charge in [0, 0.05) is 21.5 Å². The standard InChI is InChI=1S/C14H17ClN2S/c1-3-4-12-13(9(2)16)18-14(17-12)10-5-7-11(15)8-6-10/h5-9H,3-4,16H2,1-2H3. The van der Waals surface area contributed by atoms with Gasteiger partial charge in [-0.1, -0.05) is 37.1 Å². The van der Waals surface area contributed by atoms with E-state index in [1.165, 1.54) is 4.88 Å². The number of halogens is 1. The number of nitrogens with zero attached hydrogens (tertiary/aromatic N) is 1. The highest BCUT2D eigenvalue weighted by Gasteiger charge is 2.14. The van der Waals surface area contributed by atoms with Crippen LogP contribution in [0.2, 0.25) is 5.02 Å². The van der Waals surface area contributed by atoms with Crippen LogP contribution in [0.4, 0.5) is 0 Å². The lowest BCUT2D eigenvalue weighted by Gasteiger charge is -2.03. The summed E-state index contributed by atoms with van der Waals surface area (Å²) in [7, 11) is 0. The maximum atomic E-state index is 6.01. The van der Waals surface area contributed by atoms with Gasteiger partial charge in [-0.2, -0.15) is 0 Å². The molecule has 2 N–H and O–H groups in total. The van der Waals surface area contributed by atoms with Gasteiger partial charge in [-0.05, 0) is 25.5 Å². The molecule has 18 heavy (non-hydrogen) atoms. The van der Waals surface area contributed by atoms with E-state index in [9.17, 15) is 0 Å². The van der Waals surface area contributed by atoms with Crippen molar-refractivity contribution in [3.05, 3.63) is 39.9 Å². The summed E-state index contributed by atoms with van der Waals surface area (Å²) < 4.78 is 0. The van der Waals surface area contributed by atoms with Gasteiger partial charge < -0.3 is 5.73 Å². The van der Waals surface area contributed by atoms with E-state index >= 15 is 0 Å². The number of nitrogens with two attached hydrogens (primary N) is 1. The van der Waals surface area contributed by atoms with Gasteiger partial charge in [0.1, 0.15) is 5.01 Å². The molecule has 1 unspecified atom stereocenters. The highest BCUT2D eigenvalue weighted by molar-refractivity contribution is 7.15. The van der Waals surface area contributed by atoms with Gasteiger partial charge in [0.15, 0.2) is 0 Å². The Hall–Kier alpha value is -0.900. The molecule has 96 valence electrons. The van der Waals surface area contributed by atoms with Crippen molar-refractivity contribution < 1.29 is 0 Å². The van der Waals surface area contributed by atoms with E-state index in [4.69, 9.17) is 22.3 Å². The Balaban J connectivity index is 2.39. The smallest absolute Gasteiger partial charge is 0.123 e. The second kappa shape index (κ2) is 5.83. The maximum absolute atomic E-state index is 6.01. The molecule has 0 fully saturated rings. The van der Waals surface area contributed by atoms with Crippen LogP contribution in [0, 0.1) is 0 Å². The normalized spacial score (nSPS) is 12.7. The summed E-state index contributed by atoms with van der Waals surface area (Å²) in [4.78, 5) is 5.91. The van der Waals surface area contributed by atoms with E-state index in [1.807, 2.05) is 31.2 Å². The molecule has 0 radical (unpaired) electrons. The van der Waals surface area contributed by atoms with Crippen molar-refractivity contribution >= 4 is 22.9 Å². The predicted octanol–water partition coefficient (Wildman–Crippen LogP) is 4.44. The third-order valence-electron chi connectivity index (χ3n) is 2.72. The molecule has 2 rings (SSSR count). The van der Waals surface area contributed by atoms with E-state index in [0.29, 0.717) is 0 Å². The van der Waals surface area contributed by atoms with Crippen LogP contribution in [-0.2, 0) is 6.42 Å². The average molecular weight is 281 g/mol. The van der Waals surface area contributed by atoms with Crippen LogP contribution in [0.1, 0.15) is 36.9 Å². The van der Waals surface area contributed by atoms with Crippen molar-refractivity contribution in [2.75, 3.05) is 0 Å². The van der Waals surface area contributed by atoms with Gasteiger partial charge in [0.25, 0.3) is 0 Å². The zero-order valence-electron chi connectivity index (χ0n) is 10.6. The zero-order chi connectivity index (χ0) is 13.1. The molecule has 1 heterocycles. The molecule has 2 aromatic rings. The number of aryl methyl sites for hydroxylation is 1. The second-order valence-electron chi connectivity index (χ2n) is 4.38. The fourth-order valence-corrected chi connectivity index (χ4v) is 3.05. The minimum atomic E-state index is 0.0464. The molecule has 0 aliphatic rings. The summed E-state index contributed by atoms with van der Waals surface area (Å²) in [5.41, 5.74) is 8.26. The van der Waals surface area contributed by atoms with E-state index in [2.05, 4.69) is 6.92 Å². The number of hydrogen-bond donors (Lipinski definition) is 1. The minimum absolute atomic E-state index is 0.0464. The maximum Gasteiger partial charge on any atom is 0.123 e. The molecule has 0 saturated carbocycles. The molecule has 2 nitrogen and oxygen atoms in total. The molecule has 0 bridgehead atoms. The number of rotatable bonds is 4. The first-order chi connectivity index (χ1) is 8.61. The highest BCUT2D eigenvalue weighted by Crippen LogP contribution is 2.32. The lowest BCUT2D eigenvalue weighted by molar-refractivity contribution is 0.793. The van der Waals surface area contributed by atoms with Gasteiger partial charge in [0.05, 0.1) is 5.69 Å². The number of aromatic nitrogens is 1. The van der Waals surface area contributed by atoms with Crippen molar-refractivity contribution in [2.24, 2.45) is 5.73 Å². The fraction of sp³-hybridized carbons (Fsp3) is 0.357. The Kier molecular flexibility index (Phi) is 4.38. The van der Waals surface area contributed by atoms with Crippen LogP contribution in [0.5, 0.6) is 0 Å². The highest BCUT2D eigenvalue weighted by atomic mass is 35.5. The monoisotopic (exact) mass is 280 g/mol. The fourth-order valence-electron chi connectivity index (χ4n) is 1.85. The van der Waals surface area contributed by atoms with Crippen LogP contribution in [0.3, 0.4) is 0 Å². The number of thiazole rings is 1. The van der Waals surface area contributed by atoms with Crippen LogP contribution in [-0.4, -0.2) is 4.98 Å². The van der Waals surface area contributed by atoms with Gasteiger partial charge >= 0.3 is 0 Å². The zero-order valence-corrected chi connectivity index (χ0v) is 12.2. The average Bonchev–Trinajstić information content (AvgIpc) is 2.75. The Labute approximate surface area is 117 Å². The van der Waals surface area contributed by atoms with Crippen molar-refractivity contribution in [3.63, 3.8) is 0 Å². The molecular weight excluding hydrogens is 264 g/mol. The minimum Gasteiger partial charge on any atom is -0.323 e. The number of hydrogen-bond acceptors (Lipinski definition) is 3. The van der Waals surface area contributed by atoms with E-state index in [-0.39, 0.29) is 6.04 Å². The SMILES string of the molecule is CCCc1nc(-c2ccc(Cl)cc2)sc1C(C)N. The summed E-state index contributed by atoms with van der Waals surface area (Å²) in [6.45, 7) is 4.17. The summed E-state index contributed by atoms with van der Waals surface area (Å²) in [5.74, 6) is 0. The van der Waals surface area contributed by atoms with E-state index in [1.54, 1.807) is 11.3 Å². The topological polar surface area (TPSA) is 38.9 Å². The Bertz CT molecular complexity index is 517. The third kappa shape index (κ3) is 2.91. The van der Waals surface area contributed by atoms with Crippen molar-refractivity contribution in [1.29, 1.82) is 0 Å². The quantitative estimate of drug-likeness (QED) is 0.899. The molecule has 0 aliphatic carbocycles. The Morgan fingerprint density at radius 3 is 2.56 bits per heavy atom.